The molecule has 3 aromatic heterocycles. The molecule has 2 N–H and O–H groups in total. The second kappa shape index (κ2) is 11.5. The van der Waals surface area contributed by atoms with Gasteiger partial charge in [0.1, 0.15) is 17.2 Å². The minimum absolute atomic E-state index is 0.209. The first-order chi connectivity index (χ1) is 17.5. The van der Waals surface area contributed by atoms with E-state index in [2.05, 4.69) is 15.6 Å². The molecule has 3 heterocycles. The van der Waals surface area contributed by atoms with E-state index in [1.165, 1.54) is 7.11 Å². The Morgan fingerprint density at radius 1 is 1.11 bits per heavy atom. The summed E-state index contributed by atoms with van der Waals surface area (Å²) in [5.74, 6) is 0.844. The maximum Gasteiger partial charge on any atom is 0.356 e. The van der Waals surface area contributed by atoms with Crippen molar-refractivity contribution in [1.82, 2.24) is 9.55 Å². The Bertz CT molecular complexity index is 1340. The number of furan rings is 1. The molecule has 188 valence electrons. The van der Waals surface area contributed by atoms with E-state index in [1.54, 1.807) is 17.9 Å². The van der Waals surface area contributed by atoms with Crippen molar-refractivity contribution in [3.63, 3.8) is 0 Å². The lowest BCUT2D eigenvalue weighted by Gasteiger charge is -2.10. The highest BCUT2D eigenvalue weighted by atomic mass is 16.5. The normalized spacial score (nSPS) is 11.0. The Hall–Kier alpha value is -4.11. The van der Waals surface area contributed by atoms with E-state index in [0.29, 0.717) is 42.8 Å². The van der Waals surface area contributed by atoms with E-state index >= 15 is 0 Å². The van der Waals surface area contributed by atoms with Gasteiger partial charge in [-0.05, 0) is 37.1 Å². The number of hydrogen-bond donors (Lipinski definition) is 2. The zero-order valence-electron chi connectivity index (χ0n) is 20.7. The fourth-order valence-electron chi connectivity index (χ4n) is 4.03. The van der Waals surface area contributed by atoms with Gasteiger partial charge in [0.05, 0.1) is 37.8 Å². The Morgan fingerprint density at radius 2 is 1.92 bits per heavy atom. The summed E-state index contributed by atoms with van der Waals surface area (Å²) >= 11 is 0. The van der Waals surface area contributed by atoms with Crippen molar-refractivity contribution in [3.05, 3.63) is 77.5 Å². The van der Waals surface area contributed by atoms with Gasteiger partial charge >= 0.3 is 5.97 Å². The molecule has 1 aromatic carbocycles. The number of pyridine rings is 1. The molecule has 0 fully saturated rings. The third-order valence-electron chi connectivity index (χ3n) is 5.81. The number of nitrogens with one attached hydrogen (secondary N) is 2. The second-order valence-electron chi connectivity index (χ2n) is 8.35. The maximum absolute atomic E-state index is 13.0. The molecule has 1 amide bonds. The lowest BCUT2D eigenvalue weighted by atomic mass is 10.1. The average Bonchev–Trinajstić information content (AvgIpc) is 3.45. The molecule has 4 aromatic rings. The van der Waals surface area contributed by atoms with Gasteiger partial charge in [-0.2, -0.15) is 0 Å². The minimum Gasteiger partial charge on any atom is -0.465 e. The van der Waals surface area contributed by atoms with Crippen LogP contribution in [0.25, 0.3) is 11.0 Å². The number of fused-ring (bicyclic) bond motifs is 1. The molecule has 0 aliphatic carbocycles. The Balaban J connectivity index is 1.67. The fourth-order valence-corrected chi connectivity index (χ4v) is 4.03. The molecule has 36 heavy (non-hydrogen) atoms. The average molecular weight is 491 g/mol. The molecule has 0 atom stereocenters. The van der Waals surface area contributed by atoms with Crippen molar-refractivity contribution >= 4 is 34.3 Å². The van der Waals surface area contributed by atoms with Gasteiger partial charge in [0.25, 0.3) is 0 Å². The Kier molecular flexibility index (Phi) is 8.02. The van der Waals surface area contributed by atoms with Crippen LogP contribution in [-0.2, 0) is 33.8 Å². The smallest absolute Gasteiger partial charge is 0.356 e. The first-order valence-electron chi connectivity index (χ1n) is 11.7. The first kappa shape index (κ1) is 25.0. The number of carbonyl (C=O) groups is 2. The van der Waals surface area contributed by atoms with Gasteiger partial charge in [0.15, 0.2) is 5.69 Å². The summed E-state index contributed by atoms with van der Waals surface area (Å²) in [6.07, 6.45) is 2.53. The number of anilines is 2. The van der Waals surface area contributed by atoms with Gasteiger partial charge in [0.2, 0.25) is 5.91 Å². The molecule has 0 aliphatic heterocycles. The largest absolute Gasteiger partial charge is 0.465 e. The van der Waals surface area contributed by atoms with Gasteiger partial charge in [-0.3, -0.25) is 4.79 Å². The maximum atomic E-state index is 13.0. The van der Waals surface area contributed by atoms with Crippen LogP contribution in [0, 0.1) is 6.92 Å². The van der Waals surface area contributed by atoms with Crippen LogP contribution in [0.5, 0.6) is 0 Å². The third kappa shape index (κ3) is 5.75. The summed E-state index contributed by atoms with van der Waals surface area (Å²) in [6, 6.07) is 15.4. The molecule has 0 aliphatic rings. The molecular formula is C27H30N4O5. The van der Waals surface area contributed by atoms with Gasteiger partial charge in [-0.1, -0.05) is 30.3 Å². The van der Waals surface area contributed by atoms with Crippen molar-refractivity contribution in [2.75, 3.05) is 31.5 Å². The summed E-state index contributed by atoms with van der Waals surface area (Å²) in [7, 11) is 2.90. The fraction of sp³-hybridized carbons (Fsp3) is 0.296. The zero-order valence-corrected chi connectivity index (χ0v) is 20.7. The number of rotatable bonds is 11. The number of aryl methyl sites for hydroxylation is 2. The molecular weight excluding hydrogens is 460 g/mol. The predicted molar refractivity (Wildman–Crippen MR) is 137 cm³/mol. The van der Waals surface area contributed by atoms with E-state index in [0.717, 1.165) is 22.8 Å². The molecule has 0 radical (unpaired) electrons. The van der Waals surface area contributed by atoms with Crippen LogP contribution in [0.3, 0.4) is 0 Å². The van der Waals surface area contributed by atoms with Crippen molar-refractivity contribution < 1.29 is 23.5 Å². The standard InChI is InChI=1S/C27H30N4O5/c1-18-9-11-21(36-18)17-28-20-15-22-24(30-23(32)12-10-19-7-5-4-6-8-19)25(27(33)35-3)31(13-14-34-2)26(22)29-16-20/h4-9,11,15-16,28H,10,12-14,17H2,1-3H3,(H,30,32). The minimum atomic E-state index is -0.567. The van der Waals surface area contributed by atoms with Gasteiger partial charge in [0, 0.05) is 25.5 Å². The monoisotopic (exact) mass is 490 g/mol. The molecule has 4 rings (SSSR count). The number of esters is 1. The van der Waals surface area contributed by atoms with Crippen LogP contribution < -0.4 is 10.6 Å². The summed E-state index contributed by atoms with van der Waals surface area (Å²) in [5, 5.41) is 6.87. The molecule has 0 bridgehead atoms. The number of carbonyl (C=O) groups excluding carboxylic acids is 2. The number of amides is 1. The highest BCUT2D eigenvalue weighted by Gasteiger charge is 2.26. The van der Waals surface area contributed by atoms with Gasteiger partial charge < -0.3 is 29.1 Å². The molecule has 0 saturated heterocycles. The highest BCUT2D eigenvalue weighted by molar-refractivity contribution is 6.11. The van der Waals surface area contributed by atoms with Crippen molar-refractivity contribution in [1.29, 1.82) is 0 Å². The number of nitrogens with zero attached hydrogens (tertiary/aromatic N) is 2. The van der Waals surface area contributed by atoms with Gasteiger partial charge in [-0.15, -0.1) is 0 Å². The number of benzene rings is 1. The molecule has 0 unspecified atom stereocenters. The van der Waals surface area contributed by atoms with E-state index in [1.807, 2.05) is 55.5 Å². The van der Waals surface area contributed by atoms with Crippen LogP contribution in [0.15, 0.2) is 59.1 Å². The number of ether oxygens (including phenoxy) is 2. The lowest BCUT2D eigenvalue weighted by molar-refractivity contribution is -0.116. The van der Waals surface area contributed by atoms with E-state index in [9.17, 15) is 9.59 Å². The molecule has 9 heteroatoms. The Morgan fingerprint density at radius 3 is 2.61 bits per heavy atom. The summed E-state index contributed by atoms with van der Waals surface area (Å²) in [4.78, 5) is 30.4. The van der Waals surface area contributed by atoms with Crippen LogP contribution in [0.2, 0.25) is 0 Å². The number of aromatic nitrogens is 2. The Labute approximate surface area is 209 Å². The molecule has 9 nitrogen and oxygen atoms in total. The second-order valence-corrected chi connectivity index (χ2v) is 8.35. The first-order valence-corrected chi connectivity index (χ1v) is 11.7. The van der Waals surface area contributed by atoms with E-state index in [4.69, 9.17) is 13.9 Å². The molecule has 0 spiro atoms. The summed E-state index contributed by atoms with van der Waals surface area (Å²) < 4.78 is 17.7. The van der Waals surface area contributed by atoms with E-state index in [-0.39, 0.29) is 18.0 Å². The van der Waals surface area contributed by atoms with Crippen molar-refractivity contribution in [2.24, 2.45) is 0 Å². The van der Waals surface area contributed by atoms with Crippen molar-refractivity contribution in [3.8, 4) is 0 Å². The van der Waals surface area contributed by atoms with Crippen LogP contribution in [0.1, 0.15) is 34.0 Å². The molecule has 0 saturated carbocycles. The zero-order chi connectivity index (χ0) is 25.5. The summed E-state index contributed by atoms with van der Waals surface area (Å²) in [6.45, 7) is 3.08. The van der Waals surface area contributed by atoms with Gasteiger partial charge in [-0.25, -0.2) is 9.78 Å². The van der Waals surface area contributed by atoms with Crippen LogP contribution in [0.4, 0.5) is 11.4 Å². The lowest BCUT2D eigenvalue weighted by Crippen LogP contribution is -2.18. The van der Waals surface area contributed by atoms with Crippen molar-refractivity contribution in [2.45, 2.75) is 32.9 Å². The summed E-state index contributed by atoms with van der Waals surface area (Å²) in [5.41, 5.74) is 2.92. The van der Waals surface area contributed by atoms with E-state index < -0.39 is 5.97 Å². The highest BCUT2D eigenvalue weighted by Crippen LogP contribution is 2.33. The predicted octanol–water partition coefficient (Wildman–Crippen LogP) is 4.55. The number of methoxy groups -OCH3 is 2. The number of hydrogen-bond acceptors (Lipinski definition) is 7. The van der Waals surface area contributed by atoms with Crippen LogP contribution in [-0.4, -0.2) is 42.3 Å². The quantitative estimate of drug-likeness (QED) is 0.297. The topological polar surface area (TPSA) is 108 Å². The SMILES string of the molecule is COCCn1c(C(=O)OC)c(NC(=O)CCc2ccccc2)c2cc(NCc3ccc(C)o3)cnc21. The third-order valence-corrected chi connectivity index (χ3v) is 5.81. The van der Waals surface area contributed by atoms with Crippen LogP contribution >= 0.6 is 0 Å².